The van der Waals surface area contributed by atoms with Gasteiger partial charge in [0, 0.05) is 17.7 Å². The number of aliphatic hydroxyl groups is 2. The van der Waals surface area contributed by atoms with Crippen molar-refractivity contribution in [2.24, 2.45) is 11.8 Å². The fourth-order valence-corrected chi connectivity index (χ4v) is 2.94. The Bertz CT molecular complexity index is 509. The van der Waals surface area contributed by atoms with Crippen LogP contribution in [0, 0.1) is 5.92 Å². The van der Waals surface area contributed by atoms with Crippen molar-refractivity contribution in [1.82, 2.24) is 15.2 Å². The van der Waals surface area contributed by atoms with Gasteiger partial charge in [-0.1, -0.05) is 0 Å². The Balaban J connectivity index is 2.14. The van der Waals surface area contributed by atoms with Crippen LogP contribution in [0.1, 0.15) is 45.1 Å². The average Bonchev–Trinajstić information content (AvgIpc) is 2.85. The van der Waals surface area contributed by atoms with Crippen molar-refractivity contribution in [1.29, 1.82) is 0 Å². The van der Waals surface area contributed by atoms with Gasteiger partial charge in [0.1, 0.15) is 0 Å². The summed E-state index contributed by atoms with van der Waals surface area (Å²) >= 11 is 0. The molecule has 2 atom stereocenters. The number of rotatable bonds is 4. The van der Waals surface area contributed by atoms with Crippen molar-refractivity contribution in [3.05, 3.63) is 18.0 Å². The highest BCUT2D eigenvalue weighted by Gasteiger charge is 2.39. The minimum absolute atomic E-state index is 0.239. The second kappa shape index (κ2) is 5.75. The molecule has 0 radical (unpaired) electrons. The van der Waals surface area contributed by atoms with E-state index in [9.17, 15) is 15.0 Å². The zero-order valence-electron chi connectivity index (χ0n) is 12.5. The monoisotopic (exact) mass is 296 g/mol. The van der Waals surface area contributed by atoms with Crippen LogP contribution in [0.15, 0.2) is 12.4 Å². The smallest absolute Gasteiger partial charge is 0.237 e. The number of hydrogen-bond acceptors (Lipinski definition) is 5. The molecule has 2 rings (SSSR count). The van der Waals surface area contributed by atoms with Gasteiger partial charge in [0.2, 0.25) is 5.91 Å². The van der Waals surface area contributed by atoms with E-state index in [2.05, 4.69) is 10.5 Å². The van der Waals surface area contributed by atoms with Crippen molar-refractivity contribution in [3.8, 4) is 0 Å². The molecule has 0 saturated heterocycles. The third kappa shape index (κ3) is 3.81. The number of aromatic nitrogens is 2. The highest BCUT2D eigenvalue weighted by atomic mass is 16.3. The Morgan fingerprint density at radius 1 is 1.67 bits per heavy atom. The Hall–Kier alpha value is -1.44. The van der Waals surface area contributed by atoms with Gasteiger partial charge in [0.15, 0.2) is 0 Å². The van der Waals surface area contributed by atoms with Gasteiger partial charge in [-0.15, -0.1) is 0 Å². The third-order valence-electron chi connectivity index (χ3n) is 3.96. The number of hydrogen-bond donors (Lipinski definition) is 4. The Morgan fingerprint density at radius 2 is 2.38 bits per heavy atom. The van der Waals surface area contributed by atoms with Crippen LogP contribution >= 0.6 is 0 Å². The lowest BCUT2D eigenvalue weighted by atomic mass is 9.75. The van der Waals surface area contributed by atoms with Crippen molar-refractivity contribution in [3.63, 3.8) is 0 Å². The Labute approximate surface area is 124 Å². The van der Waals surface area contributed by atoms with E-state index in [1.807, 2.05) is 0 Å². The van der Waals surface area contributed by atoms with Gasteiger partial charge >= 0.3 is 0 Å². The van der Waals surface area contributed by atoms with Gasteiger partial charge in [-0.25, -0.2) is 5.84 Å². The predicted molar refractivity (Wildman–Crippen MR) is 76.7 cm³/mol. The minimum Gasteiger partial charge on any atom is -0.389 e. The second-order valence-electron chi connectivity index (χ2n) is 6.57. The maximum Gasteiger partial charge on any atom is 0.237 e. The summed E-state index contributed by atoms with van der Waals surface area (Å²) in [5, 5.41) is 24.8. The van der Waals surface area contributed by atoms with Crippen LogP contribution in [0.4, 0.5) is 0 Å². The third-order valence-corrected chi connectivity index (χ3v) is 3.96. The molecule has 1 aliphatic carbocycles. The molecule has 21 heavy (non-hydrogen) atoms. The molecule has 0 aromatic carbocycles. The van der Waals surface area contributed by atoms with Gasteiger partial charge in [0.25, 0.3) is 0 Å². The Morgan fingerprint density at radius 3 is 3.00 bits per heavy atom. The lowest BCUT2D eigenvalue weighted by Crippen LogP contribution is -2.42. The summed E-state index contributed by atoms with van der Waals surface area (Å²) in [5.41, 5.74) is 0.901. The first kappa shape index (κ1) is 15.9. The van der Waals surface area contributed by atoms with Crippen LogP contribution < -0.4 is 11.3 Å². The SMILES string of the molecule is CC(C)(O)Cn1cc(C2(O)CCCC(C(=O)NN)C2)cn1. The second-order valence-corrected chi connectivity index (χ2v) is 6.57. The summed E-state index contributed by atoms with van der Waals surface area (Å²) in [6.45, 7) is 3.74. The molecular weight excluding hydrogens is 272 g/mol. The van der Waals surface area contributed by atoms with Crippen LogP contribution in [0.25, 0.3) is 0 Å². The maximum absolute atomic E-state index is 11.7. The van der Waals surface area contributed by atoms with E-state index in [1.165, 1.54) is 0 Å². The molecule has 1 aliphatic rings. The van der Waals surface area contributed by atoms with E-state index in [0.29, 0.717) is 24.9 Å². The standard InChI is InChI=1S/C14H24N4O3/c1-13(2,20)9-18-8-11(7-16-18)14(21)5-3-4-10(6-14)12(19)17-15/h7-8,10,20-21H,3-6,9,15H2,1-2H3,(H,17,19). The number of nitrogens with one attached hydrogen (secondary N) is 1. The van der Waals surface area contributed by atoms with E-state index in [1.54, 1.807) is 30.9 Å². The largest absolute Gasteiger partial charge is 0.389 e. The molecule has 1 fully saturated rings. The highest BCUT2D eigenvalue weighted by molar-refractivity contribution is 5.78. The summed E-state index contributed by atoms with van der Waals surface area (Å²) in [4.78, 5) is 11.7. The first-order chi connectivity index (χ1) is 9.73. The molecule has 2 unspecified atom stereocenters. The van der Waals surface area contributed by atoms with Gasteiger partial charge in [-0.3, -0.25) is 14.9 Å². The number of nitrogens with zero attached hydrogens (tertiary/aromatic N) is 2. The molecular formula is C14H24N4O3. The summed E-state index contributed by atoms with van der Waals surface area (Å²) < 4.78 is 1.61. The number of amides is 1. The van der Waals surface area contributed by atoms with E-state index >= 15 is 0 Å². The molecule has 0 bridgehead atoms. The molecule has 1 heterocycles. The molecule has 1 saturated carbocycles. The lowest BCUT2D eigenvalue weighted by molar-refractivity contribution is -0.130. The normalized spacial score (nSPS) is 26.6. The highest BCUT2D eigenvalue weighted by Crippen LogP contribution is 2.39. The van der Waals surface area contributed by atoms with E-state index in [0.717, 1.165) is 12.8 Å². The molecule has 118 valence electrons. The van der Waals surface area contributed by atoms with Crippen LogP contribution in [-0.4, -0.2) is 31.5 Å². The zero-order valence-corrected chi connectivity index (χ0v) is 12.5. The van der Waals surface area contributed by atoms with E-state index in [4.69, 9.17) is 5.84 Å². The minimum atomic E-state index is -1.06. The van der Waals surface area contributed by atoms with Gasteiger partial charge < -0.3 is 10.2 Å². The molecule has 5 N–H and O–H groups in total. The topological polar surface area (TPSA) is 113 Å². The summed E-state index contributed by atoms with van der Waals surface area (Å²) in [5.74, 6) is 4.65. The summed E-state index contributed by atoms with van der Waals surface area (Å²) in [6, 6.07) is 0. The summed E-state index contributed by atoms with van der Waals surface area (Å²) in [7, 11) is 0. The number of hydrazine groups is 1. The van der Waals surface area contributed by atoms with Gasteiger partial charge in [0.05, 0.1) is 23.9 Å². The van der Waals surface area contributed by atoms with Crippen LogP contribution in [0.2, 0.25) is 0 Å². The molecule has 7 nitrogen and oxygen atoms in total. The maximum atomic E-state index is 11.7. The molecule has 1 amide bonds. The Kier molecular flexibility index (Phi) is 4.36. The first-order valence-electron chi connectivity index (χ1n) is 7.22. The fraction of sp³-hybridized carbons (Fsp3) is 0.714. The molecule has 0 spiro atoms. The number of carbonyl (C=O) groups excluding carboxylic acids is 1. The number of carbonyl (C=O) groups is 1. The van der Waals surface area contributed by atoms with Gasteiger partial charge in [-0.2, -0.15) is 5.10 Å². The van der Waals surface area contributed by atoms with Crippen LogP contribution in [0.5, 0.6) is 0 Å². The van der Waals surface area contributed by atoms with Crippen LogP contribution in [-0.2, 0) is 16.9 Å². The molecule has 1 aromatic rings. The lowest BCUT2D eigenvalue weighted by Gasteiger charge is -2.35. The zero-order chi connectivity index (χ0) is 15.7. The quantitative estimate of drug-likeness (QED) is 0.355. The average molecular weight is 296 g/mol. The van der Waals surface area contributed by atoms with Crippen molar-refractivity contribution >= 4 is 5.91 Å². The fourth-order valence-electron chi connectivity index (χ4n) is 2.94. The number of nitrogens with two attached hydrogens (primary N) is 1. The van der Waals surface area contributed by atoms with E-state index in [-0.39, 0.29) is 11.8 Å². The van der Waals surface area contributed by atoms with E-state index < -0.39 is 11.2 Å². The summed E-state index contributed by atoms with van der Waals surface area (Å²) in [6.07, 6.45) is 5.75. The van der Waals surface area contributed by atoms with Crippen molar-refractivity contribution in [2.75, 3.05) is 0 Å². The van der Waals surface area contributed by atoms with Gasteiger partial charge in [-0.05, 0) is 39.5 Å². The molecule has 0 aliphatic heterocycles. The molecule has 7 heteroatoms. The van der Waals surface area contributed by atoms with Crippen LogP contribution in [0.3, 0.4) is 0 Å². The first-order valence-corrected chi connectivity index (χ1v) is 7.22. The van der Waals surface area contributed by atoms with Crippen molar-refractivity contribution in [2.45, 2.75) is 57.3 Å². The molecule has 1 aromatic heterocycles. The van der Waals surface area contributed by atoms with Crippen molar-refractivity contribution < 1.29 is 15.0 Å². The predicted octanol–water partition coefficient (Wildman–Crippen LogP) is 0.0217.